The number of benzene rings is 2. The van der Waals surface area contributed by atoms with Crippen LogP contribution in [-0.2, 0) is 4.79 Å². The quantitative estimate of drug-likeness (QED) is 0.622. The fraction of sp³-hybridized carbons (Fsp3) is 0.211. The Hall–Kier alpha value is -2.09. The molecule has 0 saturated carbocycles. The van der Waals surface area contributed by atoms with Crippen LogP contribution >= 0.6 is 27.3 Å². The van der Waals surface area contributed by atoms with Crippen LogP contribution in [0.15, 0.2) is 45.9 Å². The van der Waals surface area contributed by atoms with Gasteiger partial charge >= 0.3 is 0 Å². The van der Waals surface area contributed by atoms with Crippen molar-refractivity contribution < 1.29 is 4.79 Å². The van der Waals surface area contributed by atoms with Gasteiger partial charge in [-0.2, -0.15) is 0 Å². The molecule has 0 spiro atoms. The third kappa shape index (κ3) is 2.96. The van der Waals surface area contributed by atoms with Crippen LogP contribution in [0, 0.1) is 6.92 Å². The first-order valence-electron chi connectivity index (χ1n) is 8.15. The van der Waals surface area contributed by atoms with Crippen molar-refractivity contribution in [3.8, 4) is 0 Å². The predicted molar refractivity (Wildman–Crippen MR) is 111 cm³/mol. The van der Waals surface area contributed by atoms with Crippen molar-refractivity contribution in [1.29, 1.82) is 0 Å². The number of hydrogen-bond donors (Lipinski definition) is 0. The minimum Gasteiger partial charge on any atom is -0.293 e. The highest BCUT2D eigenvalue weighted by molar-refractivity contribution is 9.10. The Balaban J connectivity index is 1.84. The second kappa shape index (κ2) is 6.57. The molecule has 3 aromatic rings. The molecule has 7 heteroatoms. The van der Waals surface area contributed by atoms with Gasteiger partial charge in [-0.15, -0.1) is 0 Å². The van der Waals surface area contributed by atoms with E-state index in [9.17, 15) is 4.79 Å². The minimum atomic E-state index is -0.101. The van der Waals surface area contributed by atoms with Gasteiger partial charge < -0.3 is 0 Å². The molecular weight excluding hydrogens is 412 g/mol. The molecule has 0 fully saturated rings. The lowest BCUT2D eigenvalue weighted by atomic mass is 10.1. The number of carbonyl (C=O) groups excluding carboxylic acids is 1. The largest absolute Gasteiger partial charge is 0.293 e. The summed E-state index contributed by atoms with van der Waals surface area (Å²) in [6.45, 7) is 2.55. The molecular formula is C19H17BrN4OS. The topological polar surface area (TPSA) is 48.8 Å². The van der Waals surface area contributed by atoms with E-state index in [1.54, 1.807) is 4.90 Å². The van der Waals surface area contributed by atoms with E-state index in [1.165, 1.54) is 16.9 Å². The van der Waals surface area contributed by atoms with E-state index < -0.39 is 0 Å². The number of aryl methyl sites for hydroxylation is 1. The molecule has 0 radical (unpaired) electrons. The second-order valence-electron chi connectivity index (χ2n) is 6.52. The lowest BCUT2D eigenvalue weighted by Crippen LogP contribution is -2.37. The van der Waals surface area contributed by atoms with Crippen molar-refractivity contribution >= 4 is 59.9 Å². The van der Waals surface area contributed by atoms with E-state index in [0.29, 0.717) is 17.5 Å². The molecule has 1 aliphatic heterocycles. The average Bonchev–Trinajstić information content (AvgIpc) is 3.09. The van der Waals surface area contributed by atoms with Crippen LogP contribution in [0.4, 0.5) is 10.8 Å². The van der Waals surface area contributed by atoms with Gasteiger partial charge in [0.25, 0.3) is 5.91 Å². The van der Waals surface area contributed by atoms with Gasteiger partial charge in [-0.3, -0.25) is 14.6 Å². The number of rotatable bonds is 3. The molecule has 2 heterocycles. The lowest BCUT2D eigenvalue weighted by molar-refractivity contribution is -0.112. The zero-order valence-corrected chi connectivity index (χ0v) is 17.1. The highest BCUT2D eigenvalue weighted by Gasteiger charge is 2.36. The molecule has 0 N–H and O–H groups in total. The zero-order valence-electron chi connectivity index (χ0n) is 14.7. The van der Waals surface area contributed by atoms with Gasteiger partial charge in [-0.1, -0.05) is 39.4 Å². The van der Waals surface area contributed by atoms with Crippen LogP contribution in [-0.4, -0.2) is 42.3 Å². The molecule has 0 bridgehead atoms. The summed E-state index contributed by atoms with van der Waals surface area (Å²) >= 11 is 5.08. The maximum absolute atomic E-state index is 13.0. The molecule has 1 aromatic heterocycles. The Morgan fingerprint density at radius 3 is 2.85 bits per heavy atom. The minimum absolute atomic E-state index is 0.101. The van der Waals surface area contributed by atoms with Gasteiger partial charge in [-0.05, 0) is 50.8 Å². The van der Waals surface area contributed by atoms with Gasteiger partial charge in [0.15, 0.2) is 0 Å². The molecule has 1 amide bonds. The second-order valence-corrected chi connectivity index (χ2v) is 8.38. The van der Waals surface area contributed by atoms with E-state index in [-0.39, 0.29) is 5.91 Å². The third-order valence-corrected chi connectivity index (χ3v) is 5.70. The van der Waals surface area contributed by atoms with Crippen molar-refractivity contribution in [2.45, 2.75) is 6.92 Å². The number of aliphatic imine (C=N–C) groups is 1. The fourth-order valence-electron chi connectivity index (χ4n) is 3.01. The first kappa shape index (κ1) is 17.3. The molecule has 0 atom stereocenters. The summed E-state index contributed by atoms with van der Waals surface area (Å²) in [5, 5.41) is 0.599. The Kier molecular flexibility index (Phi) is 4.38. The Labute approximate surface area is 164 Å². The highest BCUT2D eigenvalue weighted by atomic mass is 79.9. The molecule has 132 valence electrons. The van der Waals surface area contributed by atoms with E-state index in [1.807, 2.05) is 49.3 Å². The van der Waals surface area contributed by atoms with Crippen LogP contribution in [0.3, 0.4) is 0 Å². The highest BCUT2D eigenvalue weighted by Crippen LogP contribution is 2.37. The van der Waals surface area contributed by atoms with Gasteiger partial charge in [0.1, 0.15) is 5.71 Å². The predicted octanol–water partition coefficient (Wildman–Crippen LogP) is 4.35. The molecule has 5 nitrogen and oxygen atoms in total. The summed E-state index contributed by atoms with van der Waals surface area (Å²) < 4.78 is 1.94. The SMILES string of the molecule is Cc1ccc2nc(/N=C3\C(=O)N(CN(C)C)c4cccc(Br)c43)sc2c1. The lowest BCUT2D eigenvalue weighted by Gasteiger charge is -2.21. The van der Waals surface area contributed by atoms with Crippen LogP contribution in [0.5, 0.6) is 0 Å². The average molecular weight is 429 g/mol. The number of halogens is 1. The van der Waals surface area contributed by atoms with Crippen molar-refractivity contribution in [1.82, 2.24) is 9.88 Å². The number of fused-ring (bicyclic) bond motifs is 2. The number of anilines is 1. The summed E-state index contributed by atoms with van der Waals surface area (Å²) in [4.78, 5) is 26.0. The van der Waals surface area contributed by atoms with Crippen molar-refractivity contribution in [2.24, 2.45) is 4.99 Å². The molecule has 1 aliphatic rings. The van der Waals surface area contributed by atoms with Gasteiger partial charge in [0.05, 0.1) is 22.6 Å². The number of hydrogen-bond acceptors (Lipinski definition) is 5. The molecule has 0 saturated heterocycles. The van der Waals surface area contributed by atoms with Crippen molar-refractivity contribution in [2.75, 3.05) is 25.7 Å². The van der Waals surface area contributed by atoms with Gasteiger partial charge in [0.2, 0.25) is 5.13 Å². The van der Waals surface area contributed by atoms with Crippen LogP contribution in [0.1, 0.15) is 11.1 Å². The first-order valence-corrected chi connectivity index (χ1v) is 9.76. The van der Waals surface area contributed by atoms with E-state index in [0.717, 1.165) is 25.9 Å². The molecule has 0 aliphatic carbocycles. The number of aromatic nitrogens is 1. The summed E-state index contributed by atoms with van der Waals surface area (Å²) in [6, 6.07) is 11.9. The zero-order chi connectivity index (χ0) is 18.4. The maximum atomic E-state index is 13.0. The number of nitrogens with zero attached hydrogens (tertiary/aromatic N) is 4. The molecule has 4 rings (SSSR count). The smallest absolute Gasteiger partial charge is 0.278 e. The Morgan fingerprint density at radius 1 is 1.27 bits per heavy atom. The van der Waals surface area contributed by atoms with Crippen LogP contribution in [0.25, 0.3) is 10.2 Å². The van der Waals surface area contributed by atoms with E-state index >= 15 is 0 Å². The number of carbonyl (C=O) groups is 1. The standard InChI is InChI=1S/C19H17BrN4OS/c1-11-7-8-13-15(9-11)26-19(21-13)22-17-16-12(20)5-4-6-14(16)24(18(17)25)10-23(2)3/h4-9H,10H2,1-3H3/b22-17-. The van der Waals surface area contributed by atoms with Crippen LogP contribution < -0.4 is 4.90 Å². The monoisotopic (exact) mass is 428 g/mol. The molecule has 2 aromatic carbocycles. The van der Waals surface area contributed by atoms with Gasteiger partial charge in [0, 0.05) is 10.0 Å². The number of amides is 1. The Bertz CT molecular complexity index is 1060. The van der Waals surface area contributed by atoms with Gasteiger partial charge in [-0.25, -0.2) is 9.98 Å². The van der Waals surface area contributed by atoms with Crippen molar-refractivity contribution in [3.63, 3.8) is 0 Å². The Morgan fingerprint density at radius 2 is 2.08 bits per heavy atom. The first-order chi connectivity index (χ1) is 12.4. The van der Waals surface area contributed by atoms with Crippen LogP contribution in [0.2, 0.25) is 0 Å². The molecule has 26 heavy (non-hydrogen) atoms. The molecule has 0 unspecified atom stereocenters. The summed E-state index contributed by atoms with van der Waals surface area (Å²) in [6.07, 6.45) is 0. The third-order valence-electron chi connectivity index (χ3n) is 4.13. The summed E-state index contributed by atoms with van der Waals surface area (Å²) in [5.74, 6) is -0.101. The maximum Gasteiger partial charge on any atom is 0.278 e. The normalized spacial score (nSPS) is 15.5. The fourth-order valence-corrected chi connectivity index (χ4v) is 4.49. The summed E-state index contributed by atoms with van der Waals surface area (Å²) in [5.41, 5.74) is 4.22. The van der Waals surface area contributed by atoms with Crippen molar-refractivity contribution in [3.05, 3.63) is 52.0 Å². The van der Waals surface area contributed by atoms with E-state index in [4.69, 9.17) is 0 Å². The van der Waals surface area contributed by atoms with E-state index in [2.05, 4.69) is 38.9 Å². The number of thiazole rings is 1. The summed E-state index contributed by atoms with van der Waals surface area (Å²) in [7, 11) is 3.88.